The molecule has 128 valence electrons. The number of nitrogens with zero attached hydrogens (tertiary/aromatic N) is 4. The smallest absolute Gasteiger partial charge is 0.415 e. The summed E-state index contributed by atoms with van der Waals surface area (Å²) in [6.07, 6.45) is 7.09. The Kier molecular flexibility index (Phi) is 4.94. The molecule has 0 unspecified atom stereocenters. The van der Waals surface area contributed by atoms with Crippen molar-refractivity contribution in [1.82, 2.24) is 14.5 Å². The number of carbonyl (C=O) groups excluding carboxylic acids is 2. The summed E-state index contributed by atoms with van der Waals surface area (Å²) in [4.78, 5) is 30.4. The second-order valence-corrected chi connectivity index (χ2v) is 6.71. The molecule has 2 aromatic heterocycles. The molecule has 0 aromatic carbocycles. The molecule has 0 atom stereocenters. The lowest BCUT2D eigenvalue weighted by Gasteiger charge is -2.29. The first-order valence-electron chi connectivity index (χ1n) is 8.03. The molecule has 8 heteroatoms. The number of ether oxygens (including phenoxy) is 1. The van der Waals surface area contributed by atoms with Crippen LogP contribution < -0.4 is 4.57 Å². The third-order valence-corrected chi connectivity index (χ3v) is 5.12. The average molecular weight is 349 g/mol. The second-order valence-electron chi connectivity index (χ2n) is 5.82. The number of likely N-dealkylation sites (tertiary alicyclic amines) is 1. The predicted octanol–water partition coefficient (Wildman–Crippen LogP) is 1.79. The summed E-state index contributed by atoms with van der Waals surface area (Å²) in [6.45, 7) is 3.52. The van der Waals surface area contributed by atoms with Gasteiger partial charge in [-0.05, 0) is 19.8 Å². The number of amides is 1. The number of hydrogen-bond acceptors (Lipinski definition) is 5. The largest absolute Gasteiger partial charge is 0.461 e. The van der Waals surface area contributed by atoms with Gasteiger partial charge in [0.25, 0.3) is 6.33 Å². The van der Waals surface area contributed by atoms with Crippen molar-refractivity contribution in [3.05, 3.63) is 34.8 Å². The third-order valence-electron chi connectivity index (χ3n) is 4.11. The van der Waals surface area contributed by atoms with Crippen LogP contribution in [-0.2, 0) is 11.8 Å². The van der Waals surface area contributed by atoms with Gasteiger partial charge >= 0.3 is 12.0 Å². The van der Waals surface area contributed by atoms with Crippen LogP contribution in [0, 0.1) is 0 Å². The van der Waals surface area contributed by atoms with Crippen LogP contribution in [0.5, 0.6) is 0 Å². The highest BCUT2D eigenvalue weighted by Gasteiger charge is 2.29. The molecule has 1 fully saturated rings. The first-order valence-corrected chi connectivity index (χ1v) is 8.91. The van der Waals surface area contributed by atoms with Gasteiger partial charge in [-0.15, -0.1) is 11.3 Å². The van der Waals surface area contributed by atoms with Crippen molar-refractivity contribution < 1.29 is 18.9 Å². The van der Waals surface area contributed by atoms with Gasteiger partial charge in [0, 0.05) is 24.4 Å². The summed E-state index contributed by atoms with van der Waals surface area (Å²) in [6, 6.07) is 0.000372. The molecule has 0 radical (unpaired) electrons. The summed E-state index contributed by atoms with van der Waals surface area (Å²) in [5.74, 6) is -0.0731. The average Bonchev–Trinajstić information content (AvgIpc) is 3.24. The van der Waals surface area contributed by atoms with Crippen molar-refractivity contribution in [2.75, 3.05) is 19.7 Å². The van der Waals surface area contributed by atoms with E-state index in [1.54, 1.807) is 29.4 Å². The molecule has 0 bridgehead atoms. The molecule has 1 saturated heterocycles. The Bertz CT molecular complexity index is 731. The van der Waals surface area contributed by atoms with Crippen LogP contribution in [0.2, 0.25) is 0 Å². The predicted molar refractivity (Wildman–Crippen MR) is 88.0 cm³/mol. The van der Waals surface area contributed by atoms with E-state index in [1.165, 1.54) is 11.3 Å². The van der Waals surface area contributed by atoms with E-state index >= 15 is 0 Å². The van der Waals surface area contributed by atoms with Crippen LogP contribution in [-0.4, -0.2) is 46.1 Å². The molecule has 1 aliphatic heterocycles. The number of imidazole rings is 1. The fourth-order valence-electron chi connectivity index (χ4n) is 2.82. The van der Waals surface area contributed by atoms with Gasteiger partial charge in [-0.2, -0.15) is 4.57 Å². The summed E-state index contributed by atoms with van der Waals surface area (Å²) < 4.78 is 8.42. The first kappa shape index (κ1) is 16.6. The fraction of sp³-hybridized carbons (Fsp3) is 0.500. The minimum atomic E-state index is -0.368. The Labute approximate surface area is 144 Å². The van der Waals surface area contributed by atoms with Crippen molar-refractivity contribution in [1.29, 1.82) is 0 Å². The lowest BCUT2D eigenvalue weighted by atomic mass is 9.98. The number of aryl methyl sites for hydroxylation is 1. The Morgan fingerprint density at radius 2 is 2.17 bits per heavy atom. The monoisotopic (exact) mass is 349 g/mol. The summed E-state index contributed by atoms with van der Waals surface area (Å²) >= 11 is 1.50. The van der Waals surface area contributed by atoms with Gasteiger partial charge in [0.15, 0.2) is 5.69 Å². The van der Waals surface area contributed by atoms with Gasteiger partial charge in [-0.3, -0.25) is 0 Å². The van der Waals surface area contributed by atoms with Gasteiger partial charge in [0.2, 0.25) is 0 Å². The van der Waals surface area contributed by atoms with Gasteiger partial charge in [0.05, 0.1) is 18.7 Å². The molecule has 1 aliphatic rings. The molecule has 0 saturated carbocycles. The molecular weight excluding hydrogens is 328 g/mol. The summed E-state index contributed by atoms with van der Waals surface area (Å²) in [5.41, 5.74) is 0.384. The van der Waals surface area contributed by atoms with E-state index in [4.69, 9.17) is 4.74 Å². The molecule has 0 aliphatic carbocycles. The number of hydrogen-bond donors (Lipinski definition) is 0. The van der Waals surface area contributed by atoms with Crippen molar-refractivity contribution in [2.45, 2.75) is 25.7 Å². The maximum Gasteiger partial charge on any atom is 0.415 e. The SMILES string of the molecule is CCOC(=O)c1csc(C2CCN(C(=O)n3cc[n+](C)c3)CC2)n1. The Morgan fingerprint density at radius 1 is 1.42 bits per heavy atom. The Balaban J connectivity index is 1.59. The van der Waals surface area contributed by atoms with E-state index in [1.807, 2.05) is 22.7 Å². The lowest BCUT2D eigenvalue weighted by molar-refractivity contribution is -0.670. The van der Waals surface area contributed by atoms with E-state index in [0.717, 1.165) is 17.8 Å². The first-order chi connectivity index (χ1) is 11.6. The van der Waals surface area contributed by atoms with Gasteiger partial charge in [0.1, 0.15) is 12.4 Å². The van der Waals surface area contributed by atoms with Crippen LogP contribution in [0.15, 0.2) is 24.1 Å². The zero-order chi connectivity index (χ0) is 17.1. The zero-order valence-electron chi connectivity index (χ0n) is 13.8. The van der Waals surface area contributed by atoms with Crippen LogP contribution in [0.1, 0.15) is 41.2 Å². The normalized spacial score (nSPS) is 15.5. The lowest BCUT2D eigenvalue weighted by Crippen LogP contribution is -2.40. The maximum absolute atomic E-state index is 12.4. The number of rotatable bonds is 3. The molecular formula is C16H21N4O3S+. The second kappa shape index (κ2) is 7.12. The van der Waals surface area contributed by atoms with Gasteiger partial charge < -0.3 is 9.64 Å². The molecule has 0 spiro atoms. The van der Waals surface area contributed by atoms with Gasteiger partial charge in [-0.25, -0.2) is 19.1 Å². The van der Waals surface area contributed by atoms with Crippen LogP contribution in [0.25, 0.3) is 0 Å². The van der Waals surface area contributed by atoms with E-state index in [9.17, 15) is 9.59 Å². The van der Waals surface area contributed by atoms with Crippen LogP contribution in [0.3, 0.4) is 0 Å². The van der Waals surface area contributed by atoms with E-state index in [0.29, 0.717) is 31.3 Å². The minimum Gasteiger partial charge on any atom is -0.461 e. The van der Waals surface area contributed by atoms with Crippen molar-refractivity contribution in [3.63, 3.8) is 0 Å². The number of carbonyl (C=O) groups is 2. The third kappa shape index (κ3) is 3.48. The molecule has 7 nitrogen and oxygen atoms in total. The number of aromatic nitrogens is 3. The highest BCUT2D eigenvalue weighted by atomic mass is 32.1. The zero-order valence-corrected chi connectivity index (χ0v) is 14.7. The highest BCUT2D eigenvalue weighted by Crippen LogP contribution is 2.30. The van der Waals surface area contributed by atoms with E-state index in [2.05, 4.69) is 4.98 Å². The molecule has 1 amide bonds. The molecule has 3 heterocycles. The Morgan fingerprint density at radius 3 is 2.79 bits per heavy atom. The molecule has 0 N–H and O–H groups in total. The van der Waals surface area contributed by atoms with Crippen molar-refractivity contribution >= 4 is 23.3 Å². The molecule has 3 rings (SSSR count). The van der Waals surface area contributed by atoms with E-state index in [-0.39, 0.29) is 12.0 Å². The minimum absolute atomic E-state index is 0.000372. The van der Waals surface area contributed by atoms with Crippen molar-refractivity contribution in [2.24, 2.45) is 7.05 Å². The number of thiazole rings is 1. The number of esters is 1. The van der Waals surface area contributed by atoms with Crippen LogP contribution in [0.4, 0.5) is 4.79 Å². The van der Waals surface area contributed by atoms with Gasteiger partial charge in [-0.1, -0.05) is 0 Å². The Hall–Kier alpha value is -2.22. The summed E-state index contributed by atoms with van der Waals surface area (Å²) in [7, 11) is 1.89. The number of piperidine rings is 1. The fourth-order valence-corrected chi connectivity index (χ4v) is 3.78. The standard InChI is InChI=1S/C16H21N4O3S/c1-3-23-15(21)13-10-24-14(17-13)12-4-6-19(7-5-12)16(22)20-9-8-18(2)11-20/h8-12H,3-7H2,1-2H3/q+1. The highest BCUT2D eigenvalue weighted by molar-refractivity contribution is 7.09. The maximum atomic E-state index is 12.4. The topological polar surface area (TPSA) is 68.3 Å². The molecule has 2 aromatic rings. The van der Waals surface area contributed by atoms with Crippen molar-refractivity contribution in [3.8, 4) is 0 Å². The quantitative estimate of drug-likeness (QED) is 0.626. The molecule has 24 heavy (non-hydrogen) atoms. The van der Waals surface area contributed by atoms with Crippen LogP contribution >= 0.6 is 11.3 Å². The summed E-state index contributed by atoms with van der Waals surface area (Å²) in [5, 5.41) is 2.71. The van der Waals surface area contributed by atoms with E-state index < -0.39 is 0 Å².